The maximum Gasteiger partial charge on any atom is 0.169 e. The van der Waals surface area contributed by atoms with Gasteiger partial charge in [0, 0.05) is 38.5 Å². The summed E-state index contributed by atoms with van der Waals surface area (Å²) in [7, 11) is 0. The lowest BCUT2D eigenvalue weighted by molar-refractivity contribution is -0.754. The Morgan fingerprint density at radius 3 is 2.38 bits per heavy atom. The van der Waals surface area contributed by atoms with Crippen LogP contribution in [0.1, 0.15) is 26.3 Å². The fourth-order valence-corrected chi connectivity index (χ4v) is 1.61. The van der Waals surface area contributed by atoms with Crippen LogP contribution in [0.4, 0.5) is 0 Å². The summed E-state index contributed by atoms with van der Waals surface area (Å²) in [5.41, 5.74) is 1.25. The van der Waals surface area contributed by atoms with E-state index >= 15 is 0 Å². The van der Waals surface area contributed by atoms with Gasteiger partial charge >= 0.3 is 0 Å². The molecule has 1 aromatic rings. The van der Waals surface area contributed by atoms with Gasteiger partial charge in [-0.2, -0.15) is 0 Å². The van der Waals surface area contributed by atoms with Gasteiger partial charge in [0.2, 0.25) is 0 Å². The third-order valence-electron chi connectivity index (χ3n) is 2.61. The summed E-state index contributed by atoms with van der Waals surface area (Å²) < 4.78 is 7.74. The van der Waals surface area contributed by atoms with Crippen LogP contribution in [0.2, 0.25) is 0 Å². The van der Waals surface area contributed by atoms with Crippen LogP contribution in [0.15, 0.2) is 42.8 Å². The van der Waals surface area contributed by atoms with E-state index < -0.39 is 0 Å². The van der Waals surface area contributed by atoms with E-state index in [2.05, 4.69) is 49.9 Å². The fraction of sp³-hybridized carbons (Fsp3) is 0.357. The molecule has 0 bridgehead atoms. The van der Waals surface area contributed by atoms with E-state index in [1.54, 1.807) is 0 Å². The van der Waals surface area contributed by atoms with E-state index in [0.717, 1.165) is 11.3 Å². The monoisotopic (exact) mass is 216 g/mol. The highest BCUT2D eigenvalue weighted by atomic mass is 16.5. The molecular formula is C14H18NO+. The molecule has 1 aliphatic rings. The summed E-state index contributed by atoms with van der Waals surface area (Å²) in [6.45, 7) is 7.23. The minimum atomic E-state index is 0.125. The lowest BCUT2D eigenvalue weighted by atomic mass is 10.1. The Balaban J connectivity index is 2.26. The molecule has 84 valence electrons. The topological polar surface area (TPSA) is 13.1 Å². The van der Waals surface area contributed by atoms with Crippen LogP contribution >= 0.6 is 0 Å². The number of nitrogens with zero attached hydrogens (tertiary/aromatic N) is 1. The number of rotatable bonds is 1. The van der Waals surface area contributed by atoms with Crippen molar-refractivity contribution in [3.63, 3.8) is 0 Å². The minimum Gasteiger partial charge on any atom is -0.489 e. The van der Waals surface area contributed by atoms with Crippen molar-refractivity contribution >= 4 is 5.76 Å². The summed E-state index contributed by atoms with van der Waals surface area (Å²) in [6, 6.07) is 4.19. The average molecular weight is 216 g/mol. The summed E-state index contributed by atoms with van der Waals surface area (Å²) >= 11 is 0. The predicted molar refractivity (Wildman–Crippen MR) is 64.7 cm³/mol. The lowest BCUT2D eigenvalue weighted by Crippen LogP contribution is -2.49. The zero-order chi connectivity index (χ0) is 11.6. The second-order valence-corrected chi connectivity index (χ2v) is 4.93. The molecule has 0 N–H and O–H groups in total. The molecule has 0 amide bonds. The smallest absolute Gasteiger partial charge is 0.169 e. The Bertz CT molecular complexity index is 421. The van der Waals surface area contributed by atoms with E-state index in [9.17, 15) is 0 Å². The predicted octanol–water partition coefficient (Wildman–Crippen LogP) is 2.66. The molecule has 2 nitrogen and oxygen atoms in total. The Labute approximate surface area is 96.9 Å². The maximum absolute atomic E-state index is 5.55. The summed E-state index contributed by atoms with van der Waals surface area (Å²) in [5.74, 6) is 0.948. The van der Waals surface area contributed by atoms with Gasteiger partial charge in [-0.1, -0.05) is 6.08 Å². The van der Waals surface area contributed by atoms with Gasteiger partial charge in [0.05, 0.1) is 0 Å². The van der Waals surface area contributed by atoms with Gasteiger partial charge in [0.1, 0.15) is 12.4 Å². The molecule has 0 aromatic carbocycles. The molecule has 0 saturated heterocycles. The van der Waals surface area contributed by atoms with Crippen molar-refractivity contribution in [2.75, 3.05) is 6.61 Å². The van der Waals surface area contributed by atoms with Crippen molar-refractivity contribution in [1.82, 2.24) is 0 Å². The van der Waals surface area contributed by atoms with Crippen molar-refractivity contribution in [3.8, 4) is 0 Å². The molecular weight excluding hydrogens is 198 g/mol. The van der Waals surface area contributed by atoms with Crippen LogP contribution in [-0.4, -0.2) is 6.61 Å². The average Bonchev–Trinajstić information content (AvgIpc) is 2.29. The molecule has 0 radical (unpaired) electrons. The van der Waals surface area contributed by atoms with E-state index in [1.807, 2.05) is 18.2 Å². The maximum atomic E-state index is 5.55. The molecule has 1 aliphatic heterocycles. The minimum absolute atomic E-state index is 0.125. The van der Waals surface area contributed by atoms with E-state index in [0.29, 0.717) is 6.61 Å². The Morgan fingerprint density at radius 1 is 1.19 bits per heavy atom. The molecule has 0 saturated carbocycles. The number of ether oxygens (including phenoxy) is 1. The van der Waals surface area contributed by atoms with Crippen molar-refractivity contribution in [1.29, 1.82) is 0 Å². The Kier molecular flexibility index (Phi) is 2.82. The molecule has 2 heteroatoms. The number of pyridine rings is 1. The second kappa shape index (κ2) is 4.12. The quantitative estimate of drug-likeness (QED) is 0.658. The summed E-state index contributed by atoms with van der Waals surface area (Å²) in [6.07, 6.45) is 10.2. The number of allylic oxidation sites excluding steroid dienone is 2. The molecule has 2 rings (SSSR count). The second-order valence-electron chi connectivity index (χ2n) is 4.93. The highest BCUT2D eigenvalue weighted by Crippen LogP contribution is 2.17. The molecule has 0 atom stereocenters. The van der Waals surface area contributed by atoms with Crippen molar-refractivity contribution in [2.24, 2.45) is 0 Å². The van der Waals surface area contributed by atoms with Crippen molar-refractivity contribution < 1.29 is 9.30 Å². The van der Waals surface area contributed by atoms with Gasteiger partial charge in [-0.3, -0.25) is 0 Å². The van der Waals surface area contributed by atoms with Crippen molar-refractivity contribution in [2.45, 2.75) is 26.3 Å². The van der Waals surface area contributed by atoms with Crippen LogP contribution in [0, 0.1) is 0 Å². The number of hydrogen-bond donors (Lipinski definition) is 0. The van der Waals surface area contributed by atoms with Gasteiger partial charge in [-0.15, -0.1) is 0 Å². The molecule has 16 heavy (non-hydrogen) atoms. The Hall–Kier alpha value is -1.57. The molecule has 0 spiro atoms. The number of hydrogen-bond acceptors (Lipinski definition) is 1. The van der Waals surface area contributed by atoms with Crippen LogP contribution in [0.25, 0.3) is 5.76 Å². The van der Waals surface area contributed by atoms with Gasteiger partial charge in [0.15, 0.2) is 17.9 Å². The molecule has 0 aliphatic carbocycles. The first kappa shape index (κ1) is 10.9. The van der Waals surface area contributed by atoms with Crippen LogP contribution in [0.5, 0.6) is 0 Å². The highest BCUT2D eigenvalue weighted by Gasteiger charge is 2.20. The molecule has 0 fully saturated rings. The van der Waals surface area contributed by atoms with Gasteiger partial charge in [0.25, 0.3) is 0 Å². The summed E-state index contributed by atoms with van der Waals surface area (Å²) in [4.78, 5) is 0. The van der Waals surface area contributed by atoms with Crippen LogP contribution in [-0.2, 0) is 10.3 Å². The third kappa shape index (κ3) is 2.32. The van der Waals surface area contributed by atoms with Gasteiger partial charge in [-0.25, -0.2) is 4.57 Å². The standard InChI is InChI=1S/C14H18NO/c1-14(2,3)15-9-7-12(8-10-15)13-6-4-5-11-16-13/h4-10H,11H2,1-3H3/q+1. The van der Waals surface area contributed by atoms with Gasteiger partial charge in [-0.05, 0) is 12.2 Å². The first-order valence-corrected chi connectivity index (χ1v) is 5.59. The first-order chi connectivity index (χ1) is 7.57. The zero-order valence-electron chi connectivity index (χ0n) is 10.1. The third-order valence-corrected chi connectivity index (χ3v) is 2.61. The van der Waals surface area contributed by atoms with Crippen LogP contribution < -0.4 is 4.57 Å². The van der Waals surface area contributed by atoms with E-state index in [1.165, 1.54) is 0 Å². The molecule has 0 unspecified atom stereocenters. The summed E-state index contributed by atoms with van der Waals surface area (Å²) in [5, 5.41) is 0. The SMILES string of the molecule is CC(C)(C)[n+]1ccc(C2=CC=CCO2)cc1. The fourth-order valence-electron chi connectivity index (χ4n) is 1.61. The lowest BCUT2D eigenvalue weighted by Gasteiger charge is -2.14. The van der Waals surface area contributed by atoms with E-state index in [-0.39, 0.29) is 5.54 Å². The Morgan fingerprint density at radius 2 is 1.88 bits per heavy atom. The zero-order valence-corrected chi connectivity index (χ0v) is 10.1. The normalized spacial score (nSPS) is 15.6. The largest absolute Gasteiger partial charge is 0.489 e. The number of aromatic nitrogens is 1. The first-order valence-electron chi connectivity index (χ1n) is 5.59. The van der Waals surface area contributed by atoms with E-state index in [4.69, 9.17) is 4.74 Å². The molecule has 2 heterocycles. The highest BCUT2D eigenvalue weighted by molar-refractivity contribution is 5.61. The van der Waals surface area contributed by atoms with Gasteiger partial charge < -0.3 is 4.74 Å². The van der Waals surface area contributed by atoms with Crippen LogP contribution in [0.3, 0.4) is 0 Å². The molecule has 1 aromatic heterocycles. The van der Waals surface area contributed by atoms with Crippen molar-refractivity contribution in [3.05, 3.63) is 48.3 Å².